The average molecular weight is 494 g/mol. The van der Waals surface area contributed by atoms with E-state index in [0.29, 0.717) is 58.9 Å². The van der Waals surface area contributed by atoms with Crippen LogP contribution in [-0.4, -0.2) is 50.8 Å². The van der Waals surface area contributed by atoms with E-state index in [4.69, 9.17) is 4.42 Å². The highest BCUT2D eigenvalue weighted by Crippen LogP contribution is 2.41. The first-order valence-electron chi connectivity index (χ1n) is 11.2. The van der Waals surface area contributed by atoms with Gasteiger partial charge in [-0.25, -0.2) is 8.78 Å². The van der Waals surface area contributed by atoms with Gasteiger partial charge in [-0.1, -0.05) is 41.7 Å². The number of thiazole rings is 1. The molecule has 0 radical (unpaired) electrons. The Labute approximate surface area is 203 Å². The van der Waals surface area contributed by atoms with Crippen LogP contribution >= 0.6 is 11.3 Å². The third-order valence-corrected chi connectivity index (χ3v) is 7.33. The Morgan fingerprint density at radius 3 is 2.34 bits per heavy atom. The lowest BCUT2D eigenvalue weighted by Gasteiger charge is -2.40. The zero-order valence-electron chi connectivity index (χ0n) is 18.5. The average Bonchev–Trinajstić information content (AvgIpc) is 3.60. The van der Waals surface area contributed by atoms with Gasteiger partial charge < -0.3 is 14.4 Å². The molecule has 0 aliphatic carbocycles. The van der Waals surface area contributed by atoms with Crippen LogP contribution in [0.15, 0.2) is 71.3 Å². The van der Waals surface area contributed by atoms with Crippen molar-refractivity contribution in [1.29, 1.82) is 0 Å². The molecule has 7 nitrogen and oxygen atoms in total. The Morgan fingerprint density at radius 2 is 1.66 bits per heavy atom. The van der Waals surface area contributed by atoms with Gasteiger partial charge in [-0.05, 0) is 30.3 Å². The van der Waals surface area contributed by atoms with Crippen LogP contribution in [0.25, 0.3) is 16.5 Å². The van der Waals surface area contributed by atoms with E-state index in [-0.39, 0.29) is 17.5 Å². The van der Waals surface area contributed by atoms with E-state index in [1.165, 1.54) is 34.2 Å². The van der Waals surface area contributed by atoms with Crippen LogP contribution in [0.5, 0.6) is 5.88 Å². The molecule has 35 heavy (non-hydrogen) atoms. The van der Waals surface area contributed by atoms with Gasteiger partial charge >= 0.3 is 0 Å². The lowest BCUT2D eigenvalue weighted by Crippen LogP contribution is -2.48. The molecule has 3 aromatic heterocycles. The van der Waals surface area contributed by atoms with E-state index in [1.54, 1.807) is 42.5 Å². The van der Waals surface area contributed by atoms with Crippen LogP contribution < -0.4 is 4.90 Å². The number of anilines is 1. The van der Waals surface area contributed by atoms with Crippen LogP contribution in [0.3, 0.4) is 0 Å². The number of fused-ring (bicyclic) bond motifs is 1. The van der Waals surface area contributed by atoms with Crippen molar-refractivity contribution in [2.75, 3.05) is 31.1 Å². The van der Waals surface area contributed by atoms with Crippen LogP contribution in [0.2, 0.25) is 0 Å². The van der Waals surface area contributed by atoms with Gasteiger partial charge in [0.15, 0.2) is 5.76 Å². The molecule has 1 saturated heterocycles. The van der Waals surface area contributed by atoms with Crippen LogP contribution in [-0.2, 0) is 0 Å². The van der Waals surface area contributed by atoms with Crippen molar-refractivity contribution >= 4 is 22.0 Å². The fraction of sp³-hybridized carbons (Fsp3) is 0.200. The minimum Gasteiger partial charge on any atom is -0.492 e. The summed E-state index contributed by atoms with van der Waals surface area (Å²) in [5, 5.41) is 15.5. The SMILES string of the molecule is Oc1c([C@@H](c2ccccc2F)N2CCN(c3ccccc3F)CC2)sc2nc(-c3ccco3)nn12. The summed E-state index contributed by atoms with van der Waals surface area (Å²) in [6.07, 6.45) is 1.53. The number of aromatic hydroxyl groups is 1. The predicted octanol–water partition coefficient (Wildman–Crippen LogP) is 4.95. The fourth-order valence-electron chi connectivity index (χ4n) is 4.57. The normalized spacial score (nSPS) is 15.7. The number of benzene rings is 2. The lowest BCUT2D eigenvalue weighted by molar-refractivity contribution is 0.207. The molecule has 5 aromatic rings. The highest BCUT2D eigenvalue weighted by Gasteiger charge is 2.33. The summed E-state index contributed by atoms with van der Waals surface area (Å²) < 4.78 is 36.1. The van der Waals surface area contributed by atoms with Crippen molar-refractivity contribution in [2.45, 2.75) is 6.04 Å². The number of para-hydroxylation sites is 1. The molecule has 4 heterocycles. The maximum atomic E-state index is 15.0. The standard InChI is InChI=1S/C25H21F2N5O2S/c26-17-7-2-1-6-16(17)21(31-13-11-30(12-14-31)19-9-4-3-8-18(19)27)22-24(33)32-25(35-22)28-23(29-32)20-10-5-15-34-20/h1-10,15,21,33H,11-14H2/t21-/m1/s1. The second-order valence-corrected chi connectivity index (χ2v) is 9.30. The van der Waals surface area contributed by atoms with E-state index >= 15 is 4.39 Å². The summed E-state index contributed by atoms with van der Waals surface area (Å²) in [6.45, 7) is 2.24. The van der Waals surface area contributed by atoms with Crippen molar-refractivity contribution in [2.24, 2.45) is 0 Å². The van der Waals surface area contributed by atoms with Crippen molar-refractivity contribution in [1.82, 2.24) is 19.5 Å². The molecule has 2 aromatic carbocycles. The van der Waals surface area contributed by atoms with Gasteiger partial charge in [0, 0.05) is 31.7 Å². The van der Waals surface area contributed by atoms with Crippen molar-refractivity contribution in [3.8, 4) is 17.5 Å². The molecule has 0 unspecified atom stereocenters. The Kier molecular flexibility index (Phi) is 5.46. The Bertz CT molecular complexity index is 1470. The molecule has 1 fully saturated rings. The largest absolute Gasteiger partial charge is 0.492 e. The number of piperazine rings is 1. The summed E-state index contributed by atoms with van der Waals surface area (Å²) in [7, 11) is 0. The second-order valence-electron chi connectivity index (χ2n) is 8.30. The highest BCUT2D eigenvalue weighted by atomic mass is 32.1. The molecule has 1 aliphatic heterocycles. The quantitative estimate of drug-likeness (QED) is 0.374. The molecular formula is C25H21F2N5O2S. The third-order valence-electron chi connectivity index (χ3n) is 6.26. The lowest BCUT2D eigenvalue weighted by atomic mass is 10.0. The molecule has 1 N–H and O–H groups in total. The topological polar surface area (TPSA) is 70.0 Å². The van der Waals surface area contributed by atoms with Crippen molar-refractivity contribution < 1.29 is 18.3 Å². The summed E-state index contributed by atoms with van der Waals surface area (Å²) >= 11 is 1.26. The smallest absolute Gasteiger partial charge is 0.230 e. The van der Waals surface area contributed by atoms with Gasteiger partial charge in [-0.3, -0.25) is 4.90 Å². The molecule has 10 heteroatoms. The first kappa shape index (κ1) is 21.8. The zero-order chi connectivity index (χ0) is 23.9. The maximum Gasteiger partial charge on any atom is 0.230 e. The molecule has 6 rings (SSSR count). The Morgan fingerprint density at radius 1 is 0.914 bits per heavy atom. The maximum absolute atomic E-state index is 15.0. The Hall–Kier alpha value is -3.76. The van der Waals surface area contributed by atoms with Gasteiger partial charge in [0.1, 0.15) is 11.6 Å². The minimum atomic E-state index is -0.542. The monoisotopic (exact) mass is 493 g/mol. The molecular weight excluding hydrogens is 472 g/mol. The van der Waals surface area contributed by atoms with Gasteiger partial charge in [-0.15, -0.1) is 5.10 Å². The zero-order valence-corrected chi connectivity index (χ0v) is 19.3. The van der Waals surface area contributed by atoms with E-state index in [9.17, 15) is 9.50 Å². The summed E-state index contributed by atoms with van der Waals surface area (Å²) in [4.78, 5) is 9.62. The number of halogens is 2. The van der Waals surface area contributed by atoms with Gasteiger partial charge in [0.25, 0.3) is 0 Å². The summed E-state index contributed by atoms with van der Waals surface area (Å²) in [6, 6.07) is 16.2. The molecule has 0 spiro atoms. The van der Waals surface area contributed by atoms with Crippen molar-refractivity contribution in [3.63, 3.8) is 0 Å². The van der Waals surface area contributed by atoms with Crippen molar-refractivity contribution in [3.05, 3.63) is 89.0 Å². The van der Waals surface area contributed by atoms with Crippen LogP contribution in [0.1, 0.15) is 16.5 Å². The molecule has 1 aliphatic rings. The first-order chi connectivity index (χ1) is 17.1. The van der Waals surface area contributed by atoms with E-state index in [2.05, 4.69) is 15.0 Å². The third kappa shape index (κ3) is 3.84. The molecule has 0 amide bonds. The van der Waals surface area contributed by atoms with E-state index < -0.39 is 6.04 Å². The number of nitrogens with zero attached hydrogens (tertiary/aromatic N) is 5. The number of hydrogen-bond acceptors (Lipinski definition) is 7. The minimum absolute atomic E-state index is 0.0832. The highest BCUT2D eigenvalue weighted by molar-refractivity contribution is 7.17. The molecule has 1 atom stereocenters. The molecule has 0 saturated carbocycles. The van der Waals surface area contributed by atoms with Crippen LogP contribution in [0.4, 0.5) is 14.5 Å². The van der Waals surface area contributed by atoms with Gasteiger partial charge in [-0.2, -0.15) is 9.50 Å². The fourth-order valence-corrected chi connectivity index (χ4v) is 5.68. The molecule has 178 valence electrons. The summed E-state index contributed by atoms with van der Waals surface area (Å²) in [5.41, 5.74) is 1.01. The predicted molar refractivity (Wildman–Crippen MR) is 129 cm³/mol. The number of furan rings is 1. The summed E-state index contributed by atoms with van der Waals surface area (Å²) in [5.74, 6) is 0.159. The Balaban J connectivity index is 1.35. The van der Waals surface area contributed by atoms with E-state index in [1.807, 2.05) is 11.0 Å². The van der Waals surface area contributed by atoms with Gasteiger partial charge in [0.2, 0.25) is 16.7 Å². The van der Waals surface area contributed by atoms with E-state index in [0.717, 1.165) is 0 Å². The number of aromatic nitrogens is 3. The van der Waals surface area contributed by atoms with Crippen LogP contribution in [0, 0.1) is 11.6 Å². The number of hydrogen-bond donors (Lipinski definition) is 1. The second kappa shape index (κ2) is 8.79. The molecule has 0 bridgehead atoms. The van der Waals surface area contributed by atoms with Gasteiger partial charge in [0.05, 0.1) is 22.9 Å². The first-order valence-corrected chi connectivity index (χ1v) is 12.0. The number of rotatable bonds is 5.